The Morgan fingerprint density at radius 1 is 0.561 bits per heavy atom. The topological polar surface area (TPSA) is 65.9 Å². The summed E-state index contributed by atoms with van der Waals surface area (Å²) in [5.74, 6) is 2.64. The third kappa shape index (κ3) is 3.26. The summed E-state index contributed by atoms with van der Waals surface area (Å²) in [6, 6.07) is 37.2. The van der Waals surface area contributed by atoms with Gasteiger partial charge in [0.2, 0.25) is 0 Å². The largest absolute Gasteiger partial charge is 0.678 e. The monoisotopic (exact) mass is 525 g/mol. The molecule has 5 nitrogen and oxygen atoms in total. The third-order valence-electron chi connectivity index (χ3n) is 8.12. The number of nitrogens with zero attached hydrogens (tertiary/aromatic N) is 4. The van der Waals surface area contributed by atoms with E-state index in [1.165, 1.54) is 27.6 Å². The number of rotatable bonds is 3. The van der Waals surface area contributed by atoms with Crippen LogP contribution in [-0.4, -0.2) is 15.0 Å². The Morgan fingerprint density at radius 2 is 1.24 bits per heavy atom. The zero-order chi connectivity index (χ0) is 26.9. The molecule has 0 N–H and O–H groups in total. The van der Waals surface area contributed by atoms with Crippen LogP contribution in [0, 0.1) is 0 Å². The molecule has 5 aromatic carbocycles. The average Bonchev–Trinajstić information content (AvgIpc) is 3.59. The van der Waals surface area contributed by atoms with Crippen LogP contribution >= 0.6 is 0 Å². The Labute approximate surface area is 235 Å². The first-order chi connectivity index (χ1) is 20.3. The molecule has 0 spiro atoms. The van der Waals surface area contributed by atoms with Gasteiger partial charge in [-0.25, -0.2) is 15.0 Å². The van der Waals surface area contributed by atoms with Crippen LogP contribution in [-0.2, 0) is 0 Å². The van der Waals surface area contributed by atoms with Gasteiger partial charge in [0.1, 0.15) is 17.2 Å². The van der Waals surface area contributed by atoms with Crippen molar-refractivity contribution in [3.8, 4) is 45.0 Å². The zero-order valence-corrected chi connectivity index (χ0v) is 21.8. The van der Waals surface area contributed by atoms with E-state index >= 15 is 0 Å². The predicted molar refractivity (Wildman–Crippen MR) is 163 cm³/mol. The summed E-state index contributed by atoms with van der Waals surface area (Å²) in [5, 5.41) is 8.25. The molecule has 7 aromatic rings. The quantitative estimate of drug-likeness (QED) is 0.231. The number of hydrogen-bond acceptors (Lipinski definition) is 4. The third-order valence-corrected chi connectivity index (χ3v) is 8.12. The van der Waals surface area contributed by atoms with Crippen LogP contribution < -0.4 is 0 Å². The van der Waals surface area contributed by atoms with Gasteiger partial charge in [0, 0.05) is 16.5 Å². The minimum atomic E-state index is -0.413. The summed E-state index contributed by atoms with van der Waals surface area (Å²) < 4.78 is 6.18. The molecule has 1 atom stereocenters. The summed E-state index contributed by atoms with van der Waals surface area (Å²) in [7, 11) is 0. The van der Waals surface area contributed by atoms with E-state index in [0.29, 0.717) is 17.5 Å². The molecule has 0 amide bonds. The standard InChI is InChI=1S/C36H21N4O/c1-2-9-21(10-3-1)34-38-35(27-18-17-26-23-12-5-4-11-22(23)24-14-8-15-25(27)31(24)26)40-36(39-34)33-32-28-13-6-7-16-29(28)41-30(32)19-20-37-33/h1-20,33H/q-1. The van der Waals surface area contributed by atoms with Gasteiger partial charge in [-0.05, 0) is 62.8 Å². The molecule has 1 aliphatic heterocycles. The maximum Gasteiger partial charge on any atom is 0.164 e. The minimum absolute atomic E-state index is 0.413. The average molecular weight is 526 g/mol. The maximum absolute atomic E-state index is 6.18. The van der Waals surface area contributed by atoms with E-state index in [1.54, 1.807) is 6.20 Å². The second-order valence-corrected chi connectivity index (χ2v) is 10.4. The molecule has 5 heteroatoms. The highest BCUT2D eigenvalue weighted by molar-refractivity contribution is 6.18. The van der Waals surface area contributed by atoms with Crippen molar-refractivity contribution in [3.05, 3.63) is 138 Å². The Bertz CT molecular complexity index is 2170. The van der Waals surface area contributed by atoms with Gasteiger partial charge in [-0.15, -0.1) is 0 Å². The fraction of sp³-hybridized carbons (Fsp3) is 0.0278. The number of fused-ring (bicyclic) bond motifs is 6. The Hall–Kier alpha value is -5.55. The number of benzene rings is 5. The summed E-state index contributed by atoms with van der Waals surface area (Å²) in [6.45, 7) is 0. The number of furan rings is 1. The van der Waals surface area contributed by atoms with Gasteiger partial charge in [0.05, 0.1) is 0 Å². The van der Waals surface area contributed by atoms with Crippen molar-refractivity contribution in [2.45, 2.75) is 6.04 Å². The van der Waals surface area contributed by atoms with Gasteiger partial charge in [-0.3, -0.25) is 0 Å². The number of aromatic nitrogens is 3. The highest BCUT2D eigenvalue weighted by Crippen LogP contribution is 2.49. The lowest BCUT2D eigenvalue weighted by Crippen LogP contribution is -2.10. The smallest absolute Gasteiger partial charge is 0.164 e. The molecular formula is C36H21N4O-. The molecule has 0 saturated carbocycles. The van der Waals surface area contributed by atoms with E-state index in [4.69, 9.17) is 24.7 Å². The number of para-hydroxylation sites is 1. The van der Waals surface area contributed by atoms with Crippen molar-refractivity contribution in [2.75, 3.05) is 0 Å². The van der Waals surface area contributed by atoms with E-state index < -0.39 is 6.04 Å². The molecule has 0 bridgehead atoms. The molecule has 1 aliphatic carbocycles. The van der Waals surface area contributed by atoms with Crippen LogP contribution in [0.3, 0.4) is 0 Å². The normalized spacial score (nSPS) is 14.7. The van der Waals surface area contributed by atoms with E-state index in [-0.39, 0.29) is 0 Å². The van der Waals surface area contributed by atoms with E-state index in [1.807, 2.05) is 54.6 Å². The fourth-order valence-corrected chi connectivity index (χ4v) is 6.31. The summed E-state index contributed by atoms with van der Waals surface area (Å²) >= 11 is 0. The second kappa shape index (κ2) is 8.47. The maximum atomic E-state index is 6.18. The lowest BCUT2D eigenvalue weighted by molar-refractivity contribution is 0.594. The second-order valence-electron chi connectivity index (χ2n) is 10.4. The highest BCUT2D eigenvalue weighted by atomic mass is 16.3. The van der Waals surface area contributed by atoms with Crippen LogP contribution in [0.2, 0.25) is 0 Å². The molecule has 192 valence electrons. The molecule has 1 unspecified atom stereocenters. The van der Waals surface area contributed by atoms with Crippen molar-refractivity contribution < 1.29 is 4.42 Å². The lowest BCUT2D eigenvalue weighted by atomic mass is 9.97. The molecule has 0 radical (unpaired) electrons. The first-order valence-electron chi connectivity index (χ1n) is 13.7. The lowest BCUT2D eigenvalue weighted by Gasteiger charge is -2.31. The molecule has 41 heavy (non-hydrogen) atoms. The van der Waals surface area contributed by atoms with E-state index in [2.05, 4.69) is 60.7 Å². The van der Waals surface area contributed by atoms with Gasteiger partial charge < -0.3 is 9.73 Å². The Kier molecular flexibility index (Phi) is 4.61. The summed E-state index contributed by atoms with van der Waals surface area (Å²) in [6.07, 6.45) is 3.70. The van der Waals surface area contributed by atoms with Crippen LogP contribution in [0.25, 0.3) is 78.2 Å². The van der Waals surface area contributed by atoms with Crippen molar-refractivity contribution >= 4 is 27.8 Å². The van der Waals surface area contributed by atoms with Gasteiger partial charge in [0.15, 0.2) is 11.6 Å². The van der Waals surface area contributed by atoms with Crippen LogP contribution in [0.5, 0.6) is 0 Å². The minimum Gasteiger partial charge on any atom is -0.678 e. The van der Waals surface area contributed by atoms with Gasteiger partial charge in [-0.2, -0.15) is 6.20 Å². The van der Waals surface area contributed by atoms with E-state index in [9.17, 15) is 0 Å². The summed E-state index contributed by atoms with van der Waals surface area (Å²) in [5.41, 5.74) is 8.73. The first kappa shape index (κ1) is 22.3. The van der Waals surface area contributed by atoms with Gasteiger partial charge in [0.25, 0.3) is 0 Å². The molecule has 9 rings (SSSR count). The number of hydrogen-bond donors (Lipinski definition) is 0. The fourth-order valence-electron chi connectivity index (χ4n) is 6.31. The van der Waals surface area contributed by atoms with Crippen molar-refractivity contribution in [2.24, 2.45) is 0 Å². The van der Waals surface area contributed by atoms with Crippen molar-refractivity contribution in [1.82, 2.24) is 15.0 Å². The summed E-state index contributed by atoms with van der Waals surface area (Å²) in [4.78, 5) is 15.2. The Balaban J connectivity index is 1.29. The van der Waals surface area contributed by atoms with Crippen molar-refractivity contribution in [3.63, 3.8) is 0 Å². The first-order valence-corrected chi connectivity index (χ1v) is 13.7. The van der Waals surface area contributed by atoms with E-state index in [0.717, 1.165) is 38.8 Å². The molecular weight excluding hydrogens is 504 g/mol. The Morgan fingerprint density at radius 3 is 2.12 bits per heavy atom. The SMILES string of the molecule is C1=Cc2oc3ccccc3c2C(c2nc(-c3ccccc3)nc(-c3ccc4c5c(cccc35)-c3ccccc3-4)n2)[N-]1. The molecule has 0 saturated heterocycles. The van der Waals surface area contributed by atoms with Crippen molar-refractivity contribution in [1.29, 1.82) is 0 Å². The van der Waals surface area contributed by atoms with Gasteiger partial charge >= 0.3 is 0 Å². The highest BCUT2D eigenvalue weighted by Gasteiger charge is 2.25. The predicted octanol–water partition coefficient (Wildman–Crippen LogP) is 9.20. The zero-order valence-electron chi connectivity index (χ0n) is 21.8. The van der Waals surface area contributed by atoms with Crippen LogP contribution in [0.15, 0.2) is 120 Å². The molecule has 2 aliphatic rings. The van der Waals surface area contributed by atoms with Crippen LogP contribution in [0.4, 0.5) is 0 Å². The molecule has 2 aromatic heterocycles. The van der Waals surface area contributed by atoms with Gasteiger partial charge in [-0.1, -0.05) is 97.1 Å². The molecule has 3 heterocycles. The van der Waals surface area contributed by atoms with Crippen LogP contribution in [0.1, 0.15) is 23.2 Å². The molecule has 0 fully saturated rings.